The topological polar surface area (TPSA) is 60.3 Å². The third-order valence-corrected chi connectivity index (χ3v) is 4.69. The molecule has 0 radical (unpaired) electrons. The van der Waals surface area contributed by atoms with Crippen LogP contribution in [0, 0.1) is 0 Å². The maximum atomic E-state index is 14.9. The van der Waals surface area contributed by atoms with Crippen molar-refractivity contribution in [1.82, 2.24) is 15.1 Å². The lowest BCUT2D eigenvalue weighted by atomic mass is 10.1. The molecule has 0 aromatic heterocycles. The number of carbonyl (C=O) groups excluding carboxylic acids is 1. The van der Waals surface area contributed by atoms with Crippen LogP contribution in [0.3, 0.4) is 0 Å². The average Bonchev–Trinajstić information content (AvgIpc) is 2.97. The van der Waals surface area contributed by atoms with Crippen LogP contribution >= 0.6 is 0 Å². The Morgan fingerprint density at radius 1 is 1.23 bits per heavy atom. The van der Waals surface area contributed by atoms with Crippen molar-refractivity contribution in [3.63, 3.8) is 0 Å². The van der Waals surface area contributed by atoms with E-state index in [-0.39, 0.29) is 11.7 Å². The maximum absolute atomic E-state index is 14.9. The highest BCUT2D eigenvalue weighted by atomic mass is 19.2. The third-order valence-electron chi connectivity index (χ3n) is 4.69. The van der Waals surface area contributed by atoms with Gasteiger partial charge in [-0.05, 0) is 16.7 Å². The van der Waals surface area contributed by atoms with Gasteiger partial charge in [-0.3, -0.25) is 4.79 Å². The van der Waals surface area contributed by atoms with E-state index in [1.807, 2.05) is 36.2 Å². The van der Waals surface area contributed by atoms with Crippen molar-refractivity contribution in [3.8, 4) is 0 Å². The number of halogens is 1. The molecule has 26 heavy (non-hydrogen) atoms. The van der Waals surface area contributed by atoms with Crippen LogP contribution in [0.15, 0.2) is 58.2 Å². The van der Waals surface area contributed by atoms with Crippen molar-refractivity contribution in [1.29, 1.82) is 0 Å². The number of nitrogens with zero attached hydrogens (tertiary/aromatic N) is 5. The number of aliphatic imine (C=N–C) groups is 1. The Bertz CT molecular complexity index is 889. The number of quaternary nitrogens is 1. The van der Waals surface area contributed by atoms with E-state index in [1.54, 1.807) is 18.0 Å². The molecule has 1 amide bonds. The molecule has 3 aliphatic rings. The molecule has 1 atom stereocenters. The molecule has 7 nitrogen and oxygen atoms in total. The van der Waals surface area contributed by atoms with E-state index >= 15 is 0 Å². The van der Waals surface area contributed by atoms with Crippen molar-refractivity contribution >= 4 is 18.0 Å². The molecule has 3 aliphatic heterocycles. The second kappa shape index (κ2) is 6.06. The molecule has 1 aromatic carbocycles. The highest BCUT2D eigenvalue weighted by Crippen LogP contribution is 2.32. The summed E-state index contributed by atoms with van der Waals surface area (Å²) in [4.78, 5) is 19.7. The lowest BCUT2D eigenvalue weighted by molar-refractivity contribution is -0.987. The summed E-state index contributed by atoms with van der Waals surface area (Å²) in [5, 5.41) is 7.03. The first-order valence-corrected chi connectivity index (χ1v) is 8.43. The minimum atomic E-state index is -1.19. The van der Waals surface area contributed by atoms with Gasteiger partial charge in [0, 0.05) is 49.9 Å². The highest BCUT2D eigenvalue weighted by Gasteiger charge is 2.43. The van der Waals surface area contributed by atoms with Crippen LogP contribution in [0.25, 0.3) is 0 Å². The molecule has 2 bridgehead atoms. The third kappa shape index (κ3) is 2.68. The fourth-order valence-corrected chi connectivity index (χ4v) is 3.18. The first-order chi connectivity index (χ1) is 12.5. The molecule has 8 heteroatoms. The van der Waals surface area contributed by atoms with Crippen LogP contribution < -0.4 is 5.32 Å². The second-order valence-corrected chi connectivity index (χ2v) is 6.54. The van der Waals surface area contributed by atoms with Gasteiger partial charge in [-0.15, -0.1) is 0 Å². The van der Waals surface area contributed by atoms with E-state index in [4.69, 9.17) is 0 Å². The van der Waals surface area contributed by atoms with Crippen LogP contribution in [-0.4, -0.2) is 59.8 Å². The number of rotatable bonds is 0. The number of hydrogen-bond donors (Lipinski definition) is 1. The largest absolute Gasteiger partial charge is 0.375 e. The molecule has 0 spiro atoms. The van der Waals surface area contributed by atoms with Crippen molar-refractivity contribution in [2.45, 2.75) is 6.54 Å². The fourth-order valence-electron chi connectivity index (χ4n) is 3.18. The Morgan fingerprint density at radius 3 is 2.88 bits per heavy atom. The maximum Gasteiger partial charge on any atom is 0.326 e. The molecule has 0 saturated heterocycles. The lowest BCUT2D eigenvalue weighted by Crippen LogP contribution is -2.34. The summed E-state index contributed by atoms with van der Waals surface area (Å²) in [6, 6.07) is 7.54. The Hall–Kier alpha value is -3.00. The van der Waals surface area contributed by atoms with Gasteiger partial charge in [-0.2, -0.15) is 4.99 Å². The zero-order valence-corrected chi connectivity index (χ0v) is 14.7. The molecule has 134 valence electrons. The van der Waals surface area contributed by atoms with Gasteiger partial charge in [-0.25, -0.2) is 0 Å². The molecule has 3 heterocycles. The van der Waals surface area contributed by atoms with Gasteiger partial charge >= 0.3 is 5.82 Å². The molecular formula is C18H20FN6O+. The van der Waals surface area contributed by atoms with Gasteiger partial charge in [0.15, 0.2) is 6.20 Å². The van der Waals surface area contributed by atoms with E-state index in [1.165, 1.54) is 12.4 Å². The normalized spacial score (nSPS) is 25.2. The summed E-state index contributed by atoms with van der Waals surface area (Å²) in [5.41, 5.74) is 2.10. The van der Waals surface area contributed by atoms with Gasteiger partial charge in [0.05, 0.1) is 4.81 Å². The Labute approximate surface area is 150 Å². The second-order valence-electron chi connectivity index (χ2n) is 6.54. The van der Waals surface area contributed by atoms with E-state index in [2.05, 4.69) is 15.4 Å². The standard InChI is InChI=1S/C18H20FN6O/c1-23-9-8-20-15-11-21-25(19)10-7-16(22-17(15)25)24(2)12-13-5-3-4-6-14(13)18(23)26/h3-7,10-11,20H,8-9,12H2,1-2H3/q+1. The zero-order valence-electron chi connectivity index (χ0n) is 14.7. The molecule has 1 N–H and O–H groups in total. The molecule has 1 aromatic rings. The van der Waals surface area contributed by atoms with Crippen molar-refractivity contribution in [2.75, 3.05) is 27.2 Å². The number of hydrogen-bond acceptors (Lipinski definition) is 5. The van der Waals surface area contributed by atoms with Crippen LogP contribution in [0.4, 0.5) is 4.48 Å². The van der Waals surface area contributed by atoms with Crippen LogP contribution in [-0.2, 0) is 6.54 Å². The van der Waals surface area contributed by atoms with E-state index in [9.17, 15) is 9.28 Å². The Morgan fingerprint density at radius 2 is 2.04 bits per heavy atom. The van der Waals surface area contributed by atoms with Crippen molar-refractivity contribution in [3.05, 3.63) is 59.2 Å². The lowest BCUT2D eigenvalue weighted by Gasteiger charge is -2.24. The number of nitrogens with one attached hydrogen (secondary N) is 1. The summed E-state index contributed by atoms with van der Waals surface area (Å²) in [6.45, 7) is 1.44. The van der Waals surface area contributed by atoms with Crippen molar-refractivity contribution < 1.29 is 14.1 Å². The SMILES string of the molecule is CN1CCNC2=C3N=C(C=C[N+]3(F)N=C2)N(C)Cc2ccccc2C1=O. The minimum absolute atomic E-state index is 0.0381. The Balaban J connectivity index is 1.77. The van der Waals surface area contributed by atoms with Gasteiger partial charge in [-0.1, -0.05) is 18.2 Å². The molecule has 0 aliphatic carbocycles. The molecule has 0 fully saturated rings. The summed E-state index contributed by atoms with van der Waals surface area (Å²) in [5.74, 6) is 0.783. The summed E-state index contributed by atoms with van der Waals surface area (Å²) in [6.07, 6.45) is 4.42. The number of amidine groups is 1. The minimum Gasteiger partial charge on any atom is -0.375 e. The van der Waals surface area contributed by atoms with Gasteiger partial charge < -0.3 is 15.1 Å². The average molecular weight is 355 g/mol. The number of benzene rings is 1. The van der Waals surface area contributed by atoms with Gasteiger partial charge in [0.1, 0.15) is 17.7 Å². The molecule has 1 unspecified atom stereocenters. The van der Waals surface area contributed by atoms with Gasteiger partial charge in [0.2, 0.25) is 0 Å². The predicted octanol–water partition coefficient (Wildman–Crippen LogP) is 1.59. The van der Waals surface area contributed by atoms with Crippen LogP contribution in [0.5, 0.6) is 0 Å². The summed E-state index contributed by atoms with van der Waals surface area (Å²) < 4.78 is 14.9. The first kappa shape index (κ1) is 16.5. The fraction of sp³-hybridized carbons (Fsp3) is 0.278. The van der Waals surface area contributed by atoms with E-state index in [0.717, 1.165) is 5.56 Å². The van der Waals surface area contributed by atoms with Crippen LogP contribution in [0.1, 0.15) is 15.9 Å². The van der Waals surface area contributed by atoms with Gasteiger partial charge in [0.25, 0.3) is 5.91 Å². The highest BCUT2D eigenvalue weighted by molar-refractivity contribution is 5.97. The molecular weight excluding hydrogens is 335 g/mol. The molecule has 4 rings (SSSR count). The molecule has 0 saturated carbocycles. The summed E-state index contributed by atoms with van der Waals surface area (Å²) in [7, 11) is 3.63. The summed E-state index contributed by atoms with van der Waals surface area (Å²) >= 11 is 0. The number of amides is 1. The number of carbonyl (C=O) groups is 1. The monoisotopic (exact) mass is 355 g/mol. The Kier molecular flexibility index (Phi) is 3.84. The number of allylic oxidation sites excluding steroid dienone is 1. The first-order valence-electron chi connectivity index (χ1n) is 8.43. The predicted molar refractivity (Wildman–Crippen MR) is 96.3 cm³/mol. The quantitative estimate of drug-likeness (QED) is 0.719. The van der Waals surface area contributed by atoms with E-state index < -0.39 is 4.81 Å². The van der Waals surface area contributed by atoms with Crippen molar-refractivity contribution in [2.24, 2.45) is 10.1 Å². The smallest absolute Gasteiger partial charge is 0.326 e. The van der Waals surface area contributed by atoms with E-state index in [0.29, 0.717) is 36.7 Å². The number of likely N-dealkylation sites (N-methyl/N-ethyl adjacent to an activating group) is 2. The van der Waals surface area contributed by atoms with Crippen LogP contribution in [0.2, 0.25) is 0 Å². The zero-order chi connectivity index (χ0) is 18.3. The number of fused-ring (bicyclic) bond motifs is 1.